The molecule has 0 N–H and O–H groups in total. The molecular formula is C23H24N2O3. The summed E-state index contributed by atoms with van der Waals surface area (Å²) in [6.07, 6.45) is 1.03. The summed E-state index contributed by atoms with van der Waals surface area (Å²) in [6, 6.07) is 19.9. The van der Waals surface area contributed by atoms with Gasteiger partial charge in [-0.05, 0) is 50.1 Å². The molecule has 0 saturated carbocycles. The summed E-state index contributed by atoms with van der Waals surface area (Å²) in [6.45, 7) is 4.79. The lowest BCUT2D eigenvalue weighted by atomic mass is 10.1. The van der Waals surface area contributed by atoms with Gasteiger partial charge in [0, 0.05) is 12.2 Å². The Morgan fingerprint density at radius 3 is 2.54 bits per heavy atom. The zero-order valence-electron chi connectivity index (χ0n) is 16.2. The van der Waals surface area contributed by atoms with E-state index in [1.54, 1.807) is 0 Å². The van der Waals surface area contributed by atoms with Crippen LogP contribution in [0.2, 0.25) is 0 Å². The molecule has 5 heteroatoms. The van der Waals surface area contributed by atoms with E-state index in [2.05, 4.69) is 11.1 Å². The van der Waals surface area contributed by atoms with Gasteiger partial charge in [-0.2, -0.15) is 5.26 Å². The van der Waals surface area contributed by atoms with Gasteiger partial charge in [-0.1, -0.05) is 30.3 Å². The maximum Gasteiger partial charge on any atom is 0.226 e. The lowest BCUT2D eigenvalue weighted by molar-refractivity contribution is 0.0667. The maximum absolute atomic E-state index is 8.90. The van der Waals surface area contributed by atoms with E-state index in [1.165, 1.54) is 0 Å². The van der Waals surface area contributed by atoms with Crippen molar-refractivity contribution in [1.29, 1.82) is 5.26 Å². The molecule has 2 aromatic carbocycles. The van der Waals surface area contributed by atoms with E-state index in [4.69, 9.17) is 19.2 Å². The van der Waals surface area contributed by atoms with Crippen molar-refractivity contribution in [2.24, 2.45) is 0 Å². The van der Waals surface area contributed by atoms with Crippen molar-refractivity contribution >= 4 is 0 Å². The average molecular weight is 376 g/mol. The third-order valence-electron chi connectivity index (χ3n) is 4.40. The van der Waals surface area contributed by atoms with Gasteiger partial charge in [0.25, 0.3) is 0 Å². The molecule has 0 saturated heterocycles. The molecule has 0 unspecified atom stereocenters. The second-order valence-corrected chi connectivity index (χ2v) is 6.46. The summed E-state index contributed by atoms with van der Waals surface area (Å²) in [5.74, 6) is 2.12. The molecule has 0 amide bonds. The van der Waals surface area contributed by atoms with Crippen molar-refractivity contribution in [2.75, 3.05) is 6.61 Å². The molecule has 28 heavy (non-hydrogen) atoms. The SMILES string of the molecule is CCO[C@H](CC#N)Cc1ccc(OCc2nc(-c3ccccc3)oc2C)cc1. The van der Waals surface area contributed by atoms with Crippen LogP contribution in [0.5, 0.6) is 5.75 Å². The molecule has 3 aromatic rings. The Hall–Kier alpha value is -3.10. The quantitative estimate of drug-likeness (QED) is 0.520. The summed E-state index contributed by atoms with van der Waals surface area (Å²) in [5, 5.41) is 8.90. The molecule has 5 nitrogen and oxygen atoms in total. The van der Waals surface area contributed by atoms with Crippen LogP contribution in [0, 0.1) is 18.3 Å². The summed E-state index contributed by atoms with van der Waals surface area (Å²) in [4.78, 5) is 4.55. The highest BCUT2D eigenvalue weighted by atomic mass is 16.5. The summed E-state index contributed by atoms with van der Waals surface area (Å²) >= 11 is 0. The Morgan fingerprint density at radius 2 is 1.86 bits per heavy atom. The molecule has 144 valence electrons. The van der Waals surface area contributed by atoms with Crippen LogP contribution in [0.3, 0.4) is 0 Å². The van der Waals surface area contributed by atoms with Crippen LogP contribution >= 0.6 is 0 Å². The Morgan fingerprint density at radius 1 is 1.11 bits per heavy atom. The molecule has 0 bridgehead atoms. The Balaban J connectivity index is 1.59. The van der Waals surface area contributed by atoms with Crippen molar-refractivity contribution < 1.29 is 13.9 Å². The van der Waals surface area contributed by atoms with Crippen molar-refractivity contribution in [3.8, 4) is 23.3 Å². The number of ether oxygens (including phenoxy) is 2. The van der Waals surface area contributed by atoms with E-state index in [-0.39, 0.29) is 6.10 Å². The van der Waals surface area contributed by atoms with Gasteiger partial charge in [0.15, 0.2) is 0 Å². The zero-order valence-corrected chi connectivity index (χ0v) is 16.2. The standard InChI is InChI=1S/C23H24N2O3/c1-3-26-21(13-14-24)15-18-9-11-20(12-10-18)27-16-22-17(2)28-23(25-22)19-7-5-4-6-8-19/h4-12,21H,3,13,15-16H2,1-2H3/t21-/m1/s1. The molecule has 0 fully saturated rings. The molecule has 3 rings (SSSR count). The second-order valence-electron chi connectivity index (χ2n) is 6.46. The highest BCUT2D eigenvalue weighted by molar-refractivity contribution is 5.53. The van der Waals surface area contributed by atoms with Gasteiger partial charge < -0.3 is 13.9 Å². The Bertz CT molecular complexity index is 911. The number of benzene rings is 2. The second kappa shape index (κ2) is 9.72. The monoisotopic (exact) mass is 376 g/mol. The molecule has 0 aliphatic heterocycles. The van der Waals surface area contributed by atoms with E-state index in [1.807, 2.05) is 68.4 Å². The topological polar surface area (TPSA) is 68.3 Å². The van der Waals surface area contributed by atoms with E-state index < -0.39 is 0 Å². The first-order valence-electron chi connectivity index (χ1n) is 9.41. The molecule has 0 aliphatic rings. The minimum absolute atomic E-state index is 0.0732. The van der Waals surface area contributed by atoms with Gasteiger partial charge in [-0.15, -0.1) is 0 Å². The fraction of sp³-hybridized carbons (Fsp3) is 0.304. The molecule has 0 radical (unpaired) electrons. The molecule has 0 spiro atoms. The highest BCUT2D eigenvalue weighted by Crippen LogP contribution is 2.23. The van der Waals surface area contributed by atoms with Gasteiger partial charge in [0.05, 0.1) is 18.6 Å². The molecule has 0 aliphatic carbocycles. The summed E-state index contributed by atoms with van der Waals surface area (Å²) in [5.41, 5.74) is 2.85. The minimum atomic E-state index is -0.0732. The van der Waals surface area contributed by atoms with E-state index >= 15 is 0 Å². The number of nitrogens with zero attached hydrogens (tertiary/aromatic N) is 2. The zero-order chi connectivity index (χ0) is 19.8. The van der Waals surface area contributed by atoms with Gasteiger partial charge in [0.2, 0.25) is 5.89 Å². The first-order chi connectivity index (χ1) is 13.7. The largest absolute Gasteiger partial charge is 0.487 e. The number of aromatic nitrogens is 1. The van der Waals surface area contributed by atoms with Crippen LogP contribution in [0.15, 0.2) is 59.0 Å². The fourth-order valence-corrected chi connectivity index (χ4v) is 2.93. The molecule has 1 heterocycles. The third kappa shape index (κ3) is 5.21. The van der Waals surface area contributed by atoms with E-state index in [0.717, 1.165) is 28.3 Å². The van der Waals surface area contributed by atoms with Gasteiger partial charge in [-0.3, -0.25) is 0 Å². The van der Waals surface area contributed by atoms with E-state index in [9.17, 15) is 0 Å². The number of hydrogen-bond acceptors (Lipinski definition) is 5. The highest BCUT2D eigenvalue weighted by Gasteiger charge is 2.12. The van der Waals surface area contributed by atoms with Crippen molar-refractivity contribution in [2.45, 2.75) is 39.4 Å². The first-order valence-corrected chi connectivity index (χ1v) is 9.41. The average Bonchev–Trinajstić information content (AvgIpc) is 3.09. The number of oxazole rings is 1. The van der Waals surface area contributed by atoms with Crippen LogP contribution < -0.4 is 4.74 Å². The Labute approximate surface area is 165 Å². The number of rotatable bonds is 9. The summed E-state index contributed by atoms with van der Waals surface area (Å²) < 4.78 is 17.2. The fourth-order valence-electron chi connectivity index (χ4n) is 2.93. The van der Waals surface area contributed by atoms with Crippen molar-refractivity contribution in [3.63, 3.8) is 0 Å². The van der Waals surface area contributed by atoms with Gasteiger partial charge in [-0.25, -0.2) is 4.98 Å². The van der Waals surface area contributed by atoms with Gasteiger partial charge >= 0.3 is 0 Å². The van der Waals surface area contributed by atoms with Crippen LogP contribution in [0.4, 0.5) is 0 Å². The normalized spacial score (nSPS) is 11.8. The van der Waals surface area contributed by atoms with Crippen molar-refractivity contribution in [1.82, 2.24) is 4.98 Å². The van der Waals surface area contributed by atoms with E-state index in [0.29, 0.717) is 31.9 Å². The smallest absolute Gasteiger partial charge is 0.226 e. The molecule has 1 atom stereocenters. The molecular weight excluding hydrogens is 352 g/mol. The number of hydrogen-bond donors (Lipinski definition) is 0. The Kier molecular flexibility index (Phi) is 6.83. The van der Waals surface area contributed by atoms with Crippen molar-refractivity contribution in [3.05, 3.63) is 71.6 Å². The van der Waals surface area contributed by atoms with Crippen LogP contribution in [-0.4, -0.2) is 17.7 Å². The van der Waals surface area contributed by atoms with Crippen LogP contribution in [-0.2, 0) is 17.8 Å². The van der Waals surface area contributed by atoms with Crippen LogP contribution in [0.1, 0.15) is 30.4 Å². The minimum Gasteiger partial charge on any atom is -0.487 e. The lowest BCUT2D eigenvalue weighted by Crippen LogP contribution is -2.15. The van der Waals surface area contributed by atoms with Gasteiger partial charge in [0.1, 0.15) is 23.8 Å². The predicted octanol–water partition coefficient (Wildman–Crippen LogP) is 5.09. The number of nitriles is 1. The molecule has 1 aromatic heterocycles. The third-order valence-corrected chi connectivity index (χ3v) is 4.40. The number of aryl methyl sites for hydroxylation is 1. The van der Waals surface area contributed by atoms with Crippen LogP contribution in [0.25, 0.3) is 11.5 Å². The lowest BCUT2D eigenvalue weighted by Gasteiger charge is -2.14. The summed E-state index contributed by atoms with van der Waals surface area (Å²) in [7, 11) is 0. The first kappa shape index (κ1) is 19.7. The predicted molar refractivity (Wildman–Crippen MR) is 107 cm³/mol. The maximum atomic E-state index is 8.90.